The Morgan fingerprint density at radius 2 is 1.92 bits per heavy atom. The zero-order valence-corrected chi connectivity index (χ0v) is 16.5. The number of aliphatic hydroxyl groups is 1. The molecule has 9 atom stereocenters. The molecule has 3 N–H and O–H groups in total. The molecule has 0 saturated heterocycles. The lowest BCUT2D eigenvalue weighted by Gasteiger charge is -2.63. The van der Waals surface area contributed by atoms with Crippen LogP contribution in [0.2, 0.25) is 0 Å². The second-order valence-electron chi connectivity index (χ2n) is 10.1. The molecule has 0 heterocycles. The predicted molar refractivity (Wildman–Crippen MR) is 101 cm³/mol. The van der Waals surface area contributed by atoms with Crippen molar-refractivity contribution in [3.05, 3.63) is 12.2 Å². The van der Waals surface area contributed by atoms with Crippen LogP contribution < -0.4 is 5.73 Å². The molecule has 0 radical (unpaired) electrons. The van der Waals surface area contributed by atoms with Crippen LogP contribution in [0.3, 0.4) is 0 Å². The molecule has 0 aromatic heterocycles. The summed E-state index contributed by atoms with van der Waals surface area (Å²) in [7, 11) is 0. The maximum absolute atomic E-state index is 11.8. The van der Waals surface area contributed by atoms with Crippen LogP contribution in [-0.2, 0) is 9.53 Å². The number of esters is 1. The Balaban J connectivity index is 1.75. The number of carbonyl (C=O) groups excluding carboxylic acids is 1. The van der Waals surface area contributed by atoms with E-state index in [1.165, 1.54) is 18.9 Å². The van der Waals surface area contributed by atoms with Gasteiger partial charge in [0.25, 0.3) is 0 Å². The van der Waals surface area contributed by atoms with Gasteiger partial charge in [0.1, 0.15) is 6.10 Å². The van der Waals surface area contributed by atoms with E-state index < -0.39 is 12.2 Å². The Hall–Kier alpha value is -0.870. The molecule has 0 amide bonds. The van der Waals surface area contributed by atoms with E-state index in [1.54, 1.807) is 0 Å². The zero-order valence-electron chi connectivity index (χ0n) is 16.5. The van der Waals surface area contributed by atoms with Gasteiger partial charge in [-0.3, -0.25) is 4.79 Å². The van der Waals surface area contributed by atoms with Crippen molar-refractivity contribution in [3.63, 3.8) is 0 Å². The van der Waals surface area contributed by atoms with Crippen LogP contribution in [0.15, 0.2) is 12.2 Å². The van der Waals surface area contributed by atoms with Gasteiger partial charge in [0.15, 0.2) is 0 Å². The smallest absolute Gasteiger partial charge is 0.303 e. The molecule has 26 heavy (non-hydrogen) atoms. The minimum absolute atomic E-state index is 0.102. The van der Waals surface area contributed by atoms with Gasteiger partial charge < -0.3 is 15.6 Å². The first-order valence-electron chi connectivity index (χ1n) is 10.5. The number of hydrogen-bond donors (Lipinski definition) is 2. The molecule has 4 aliphatic carbocycles. The third kappa shape index (κ3) is 2.44. The molecule has 146 valence electrons. The van der Waals surface area contributed by atoms with Crippen molar-refractivity contribution in [2.75, 3.05) is 0 Å². The van der Waals surface area contributed by atoms with Crippen LogP contribution in [0, 0.1) is 34.5 Å². The molecule has 0 aromatic rings. The molecule has 0 bridgehead atoms. The minimum Gasteiger partial charge on any atom is -0.459 e. The number of rotatable bonds is 1. The normalized spacial score (nSPS) is 53.4. The molecule has 4 rings (SSSR count). The summed E-state index contributed by atoms with van der Waals surface area (Å²) in [5, 5.41) is 11.5. The van der Waals surface area contributed by atoms with E-state index in [4.69, 9.17) is 10.5 Å². The predicted octanol–water partition coefficient (Wildman–Crippen LogP) is 3.43. The zero-order chi connectivity index (χ0) is 18.9. The van der Waals surface area contributed by atoms with Gasteiger partial charge in [0.05, 0.1) is 6.10 Å². The number of allylic oxidation sites excluding steroid dienone is 1. The molecule has 0 spiro atoms. The van der Waals surface area contributed by atoms with Crippen LogP contribution in [0.4, 0.5) is 0 Å². The van der Waals surface area contributed by atoms with Crippen LogP contribution in [0.1, 0.15) is 65.7 Å². The van der Waals surface area contributed by atoms with Crippen LogP contribution >= 0.6 is 0 Å². The summed E-state index contributed by atoms with van der Waals surface area (Å²) in [5.41, 5.74) is 7.89. The van der Waals surface area contributed by atoms with Crippen LogP contribution in [-0.4, -0.2) is 29.3 Å². The number of nitrogens with two attached hydrogens (primary N) is 1. The van der Waals surface area contributed by atoms with Gasteiger partial charge in [0, 0.05) is 18.9 Å². The Morgan fingerprint density at radius 1 is 1.19 bits per heavy atom. The van der Waals surface area contributed by atoms with Crippen molar-refractivity contribution in [2.24, 2.45) is 40.2 Å². The van der Waals surface area contributed by atoms with Crippen LogP contribution in [0.25, 0.3) is 0 Å². The Labute approximate surface area is 157 Å². The summed E-state index contributed by atoms with van der Waals surface area (Å²) in [6, 6.07) is 0.148. The van der Waals surface area contributed by atoms with Crippen molar-refractivity contribution >= 4 is 5.97 Å². The number of ether oxygens (including phenoxy) is 1. The van der Waals surface area contributed by atoms with E-state index in [0.29, 0.717) is 11.8 Å². The highest BCUT2D eigenvalue weighted by molar-refractivity contribution is 5.66. The lowest BCUT2D eigenvalue weighted by molar-refractivity contribution is -0.223. The highest BCUT2D eigenvalue weighted by Crippen LogP contribution is 2.67. The highest BCUT2D eigenvalue weighted by Gasteiger charge is 2.64. The largest absolute Gasteiger partial charge is 0.459 e. The highest BCUT2D eigenvalue weighted by atomic mass is 16.6. The van der Waals surface area contributed by atoms with Crippen molar-refractivity contribution in [1.29, 1.82) is 0 Å². The topological polar surface area (TPSA) is 72.5 Å². The monoisotopic (exact) mass is 361 g/mol. The minimum atomic E-state index is -0.581. The third-order valence-electron chi connectivity index (χ3n) is 9.02. The molecule has 4 saturated carbocycles. The van der Waals surface area contributed by atoms with E-state index in [9.17, 15) is 9.90 Å². The summed E-state index contributed by atoms with van der Waals surface area (Å²) >= 11 is 0. The molecule has 0 aliphatic heterocycles. The maximum atomic E-state index is 11.8. The van der Waals surface area contributed by atoms with Gasteiger partial charge in [-0.1, -0.05) is 26.0 Å². The summed E-state index contributed by atoms with van der Waals surface area (Å²) in [4.78, 5) is 11.8. The number of carbonyl (C=O) groups is 1. The van der Waals surface area contributed by atoms with E-state index >= 15 is 0 Å². The summed E-state index contributed by atoms with van der Waals surface area (Å²) in [6.45, 7) is 10.6. The average molecular weight is 362 g/mol. The van der Waals surface area contributed by atoms with Crippen molar-refractivity contribution in [2.45, 2.75) is 84.0 Å². The number of fused-ring (bicyclic) bond motifs is 5. The number of aliphatic hydroxyl groups excluding tert-OH is 1. The molecule has 4 heteroatoms. The fourth-order valence-corrected chi connectivity index (χ4v) is 7.51. The summed E-state index contributed by atoms with van der Waals surface area (Å²) in [5.74, 6) is 1.03. The van der Waals surface area contributed by atoms with Gasteiger partial charge in [-0.05, 0) is 73.5 Å². The first kappa shape index (κ1) is 18.5. The fraction of sp³-hybridized carbons (Fsp3) is 0.864. The Kier molecular flexibility index (Phi) is 4.31. The van der Waals surface area contributed by atoms with Gasteiger partial charge in [0.2, 0.25) is 0 Å². The van der Waals surface area contributed by atoms with Gasteiger partial charge in [-0.2, -0.15) is 0 Å². The van der Waals surface area contributed by atoms with Gasteiger partial charge in [-0.15, -0.1) is 0 Å². The molecule has 4 fully saturated rings. The fourth-order valence-electron chi connectivity index (χ4n) is 7.51. The molecular weight excluding hydrogens is 326 g/mol. The van der Waals surface area contributed by atoms with Crippen molar-refractivity contribution in [1.82, 2.24) is 0 Å². The third-order valence-corrected chi connectivity index (χ3v) is 9.02. The average Bonchev–Trinajstić information content (AvgIpc) is 2.88. The summed E-state index contributed by atoms with van der Waals surface area (Å²) in [6.07, 6.45) is 6.47. The van der Waals surface area contributed by atoms with Crippen molar-refractivity contribution < 1.29 is 14.6 Å². The standard InChI is InChI=1S/C22H35NO3/c1-12-5-6-15-18-16(8-10-21(12,15)3)22(4)9-7-14(23)11-17(22)20(19(18)25)26-13(2)24/h14-20,25H,1,5-11,23H2,2-4H3/t14-,15-,16-,17+,18-,19+,20+,21+,22+/m0/s1. The SMILES string of the molecule is C=C1CC[C@H]2[C@@H]3[C@@H](O)[C@H](OC(C)=O)[C@H]4C[C@@H](N)CC[C@]4(C)[C@H]3CC[C@]12C. The second kappa shape index (κ2) is 6.07. The molecular formula is C22H35NO3. The molecule has 4 nitrogen and oxygen atoms in total. The molecule has 4 aliphatic rings. The first-order valence-corrected chi connectivity index (χ1v) is 10.5. The van der Waals surface area contributed by atoms with Crippen LogP contribution in [0.5, 0.6) is 0 Å². The van der Waals surface area contributed by atoms with E-state index in [1.807, 2.05) is 0 Å². The second-order valence-corrected chi connectivity index (χ2v) is 10.1. The first-order chi connectivity index (χ1) is 12.2. The van der Waals surface area contributed by atoms with Gasteiger partial charge >= 0.3 is 5.97 Å². The van der Waals surface area contributed by atoms with E-state index in [2.05, 4.69) is 20.4 Å². The Bertz CT molecular complexity index is 619. The van der Waals surface area contributed by atoms with Gasteiger partial charge in [-0.25, -0.2) is 0 Å². The molecule has 0 aromatic carbocycles. The van der Waals surface area contributed by atoms with E-state index in [0.717, 1.165) is 38.5 Å². The van der Waals surface area contributed by atoms with E-state index in [-0.39, 0.29) is 34.7 Å². The quantitative estimate of drug-likeness (QED) is 0.554. The van der Waals surface area contributed by atoms with Crippen molar-refractivity contribution in [3.8, 4) is 0 Å². The lowest BCUT2D eigenvalue weighted by atomic mass is 9.43. The molecule has 0 unspecified atom stereocenters. The maximum Gasteiger partial charge on any atom is 0.303 e. The number of hydrogen-bond acceptors (Lipinski definition) is 4. The Morgan fingerprint density at radius 3 is 2.62 bits per heavy atom. The lowest BCUT2D eigenvalue weighted by Crippen LogP contribution is -2.65. The summed E-state index contributed by atoms with van der Waals surface area (Å²) < 4.78 is 5.78.